The van der Waals surface area contributed by atoms with Gasteiger partial charge in [-0.05, 0) is 42.7 Å². The summed E-state index contributed by atoms with van der Waals surface area (Å²) in [5.74, 6) is -0.00553. The summed E-state index contributed by atoms with van der Waals surface area (Å²) in [6, 6.07) is 14.9. The molecule has 10 heteroatoms. The fraction of sp³-hybridized carbons (Fsp3) is 0.480. The fourth-order valence-electron chi connectivity index (χ4n) is 3.97. The lowest BCUT2D eigenvalue weighted by atomic mass is 9.86. The van der Waals surface area contributed by atoms with Crippen LogP contribution in [0.4, 0.5) is 10.5 Å². The van der Waals surface area contributed by atoms with E-state index in [1.807, 2.05) is 19.9 Å². The van der Waals surface area contributed by atoms with Crippen LogP contribution in [0.25, 0.3) is 0 Å². The van der Waals surface area contributed by atoms with Crippen molar-refractivity contribution in [1.29, 1.82) is 0 Å². The zero-order valence-electron chi connectivity index (χ0n) is 20.4. The molecular formula is C25H35N3O6S. The van der Waals surface area contributed by atoms with Crippen molar-refractivity contribution in [2.24, 2.45) is 5.92 Å². The number of hydrogen-bond acceptors (Lipinski definition) is 7. The zero-order chi connectivity index (χ0) is 25.6. The molecule has 0 aromatic heterocycles. The maximum Gasteiger partial charge on any atom is 0.408 e. The summed E-state index contributed by atoms with van der Waals surface area (Å²) >= 11 is 0. The minimum absolute atomic E-state index is 0.00553. The first-order chi connectivity index (χ1) is 16.5. The molecule has 0 aliphatic carbocycles. The van der Waals surface area contributed by atoms with Gasteiger partial charge in [0.05, 0.1) is 29.8 Å². The van der Waals surface area contributed by atoms with Gasteiger partial charge in [0.2, 0.25) is 10.0 Å². The summed E-state index contributed by atoms with van der Waals surface area (Å²) in [7, 11) is -3.94. The largest absolute Gasteiger partial charge is 0.444 e. The van der Waals surface area contributed by atoms with E-state index in [1.165, 1.54) is 28.6 Å². The maximum atomic E-state index is 13.5. The summed E-state index contributed by atoms with van der Waals surface area (Å²) in [6.45, 7) is 6.22. The molecule has 1 saturated heterocycles. The topological polar surface area (TPSA) is 131 Å². The molecule has 0 spiro atoms. The normalized spacial score (nSPS) is 18.9. The maximum absolute atomic E-state index is 13.5. The molecular weight excluding hydrogens is 470 g/mol. The number of sulfonamides is 1. The number of alkyl carbamates (subject to hydrolysis) is 1. The summed E-state index contributed by atoms with van der Waals surface area (Å²) in [6.07, 6.45) is -1.77. The number of hydrogen-bond donors (Lipinski definition) is 3. The number of aliphatic hydroxyl groups excluding tert-OH is 1. The van der Waals surface area contributed by atoms with Crippen molar-refractivity contribution in [3.05, 3.63) is 60.2 Å². The van der Waals surface area contributed by atoms with Crippen LogP contribution in [0.3, 0.4) is 0 Å². The minimum atomic E-state index is -3.94. The van der Waals surface area contributed by atoms with Crippen LogP contribution in [0.5, 0.6) is 0 Å². The van der Waals surface area contributed by atoms with Crippen LogP contribution < -0.4 is 11.1 Å². The average Bonchev–Trinajstić information content (AvgIpc) is 3.32. The molecule has 9 nitrogen and oxygen atoms in total. The summed E-state index contributed by atoms with van der Waals surface area (Å²) in [4.78, 5) is 12.8. The smallest absolute Gasteiger partial charge is 0.408 e. The van der Waals surface area contributed by atoms with Gasteiger partial charge < -0.3 is 25.6 Å². The third-order valence-corrected chi connectivity index (χ3v) is 7.87. The van der Waals surface area contributed by atoms with Gasteiger partial charge in [-0.25, -0.2) is 13.2 Å². The van der Waals surface area contributed by atoms with Gasteiger partial charge >= 0.3 is 6.09 Å². The van der Waals surface area contributed by atoms with Crippen LogP contribution in [0.15, 0.2) is 59.5 Å². The molecule has 4 N–H and O–H groups in total. The third kappa shape index (κ3) is 6.72. The number of rotatable bonds is 10. The predicted octanol–water partition coefficient (Wildman–Crippen LogP) is 2.71. The van der Waals surface area contributed by atoms with E-state index in [0.717, 1.165) is 0 Å². The summed E-state index contributed by atoms with van der Waals surface area (Å²) < 4.78 is 38.9. The molecule has 0 radical (unpaired) electrons. The fourth-order valence-corrected chi connectivity index (χ4v) is 5.58. The highest BCUT2D eigenvalue weighted by molar-refractivity contribution is 7.89. The number of anilines is 1. The number of carbonyl (C=O) groups is 1. The number of nitrogens with one attached hydrogen (secondary N) is 1. The van der Waals surface area contributed by atoms with Crippen molar-refractivity contribution in [2.45, 2.75) is 49.8 Å². The van der Waals surface area contributed by atoms with Crippen molar-refractivity contribution in [3.63, 3.8) is 0 Å². The molecule has 1 amide bonds. The molecule has 0 unspecified atom stereocenters. The van der Waals surface area contributed by atoms with Crippen LogP contribution in [-0.4, -0.2) is 62.4 Å². The minimum Gasteiger partial charge on any atom is -0.444 e. The van der Waals surface area contributed by atoms with E-state index in [9.17, 15) is 18.3 Å². The molecule has 0 bridgehead atoms. The van der Waals surface area contributed by atoms with Crippen molar-refractivity contribution >= 4 is 21.8 Å². The first kappa shape index (κ1) is 26.9. The number of ether oxygens (including phenoxy) is 2. The Labute approximate surface area is 207 Å². The van der Waals surface area contributed by atoms with Gasteiger partial charge in [-0.2, -0.15) is 4.31 Å². The van der Waals surface area contributed by atoms with Gasteiger partial charge in [-0.1, -0.05) is 44.2 Å². The molecule has 2 aromatic carbocycles. The molecule has 3 atom stereocenters. The number of amides is 1. The van der Waals surface area contributed by atoms with E-state index in [-0.39, 0.29) is 30.0 Å². The molecule has 2 aromatic rings. The van der Waals surface area contributed by atoms with E-state index < -0.39 is 27.8 Å². The number of benzene rings is 2. The van der Waals surface area contributed by atoms with Crippen molar-refractivity contribution in [3.8, 4) is 0 Å². The van der Waals surface area contributed by atoms with Gasteiger partial charge in [-0.3, -0.25) is 0 Å². The Bertz CT molecular complexity index is 1070. The lowest BCUT2D eigenvalue weighted by Gasteiger charge is -2.38. The molecule has 1 aliphatic heterocycles. The second-order valence-electron chi connectivity index (χ2n) is 9.38. The quantitative estimate of drug-likeness (QED) is 0.423. The second kappa shape index (κ2) is 11.4. The standard InChI is InChI=1S/C25H35N3O6S/c1-18(2)15-28(35(31,32)22-11-9-20(26)10-12-22)16-23(29)25(3,19-7-5-4-6-8-19)27-24(30)34-21-13-14-33-17-21/h4-12,18,21,23,29H,13-17,26H2,1-3H3,(H,27,30)/t21-,23+,25-/m0/s1. The van der Waals surface area contributed by atoms with E-state index in [1.54, 1.807) is 31.2 Å². The first-order valence-corrected chi connectivity index (χ1v) is 13.1. The van der Waals surface area contributed by atoms with Crippen molar-refractivity contribution in [2.75, 3.05) is 32.0 Å². The molecule has 1 heterocycles. The second-order valence-corrected chi connectivity index (χ2v) is 11.3. The first-order valence-electron chi connectivity index (χ1n) is 11.7. The van der Waals surface area contributed by atoms with Crippen LogP contribution >= 0.6 is 0 Å². The molecule has 3 rings (SSSR count). The molecule has 1 aliphatic rings. The molecule has 35 heavy (non-hydrogen) atoms. The summed E-state index contributed by atoms with van der Waals surface area (Å²) in [5, 5.41) is 14.2. The third-order valence-electron chi connectivity index (χ3n) is 6.03. The van der Waals surface area contributed by atoms with Gasteiger partial charge in [0.15, 0.2) is 0 Å². The Morgan fingerprint density at radius 2 is 1.86 bits per heavy atom. The highest BCUT2D eigenvalue weighted by atomic mass is 32.2. The van der Waals surface area contributed by atoms with Crippen LogP contribution in [0.2, 0.25) is 0 Å². The van der Waals surface area contributed by atoms with E-state index in [4.69, 9.17) is 15.2 Å². The Hall–Kier alpha value is -2.66. The Morgan fingerprint density at radius 1 is 1.20 bits per heavy atom. The van der Waals surface area contributed by atoms with Gasteiger partial charge in [0.25, 0.3) is 0 Å². The Balaban J connectivity index is 1.89. The van der Waals surface area contributed by atoms with Gasteiger partial charge in [-0.15, -0.1) is 0 Å². The van der Waals surface area contributed by atoms with E-state index >= 15 is 0 Å². The summed E-state index contributed by atoms with van der Waals surface area (Å²) in [5.41, 5.74) is 5.46. The highest BCUT2D eigenvalue weighted by Gasteiger charge is 2.40. The molecule has 192 valence electrons. The number of nitrogens with two attached hydrogens (primary N) is 1. The molecule has 0 saturated carbocycles. The van der Waals surface area contributed by atoms with Crippen LogP contribution in [0.1, 0.15) is 32.8 Å². The van der Waals surface area contributed by atoms with E-state index in [2.05, 4.69) is 5.32 Å². The van der Waals surface area contributed by atoms with Crippen LogP contribution in [-0.2, 0) is 25.0 Å². The number of carbonyl (C=O) groups excluding carboxylic acids is 1. The van der Waals surface area contributed by atoms with Crippen LogP contribution in [0, 0.1) is 5.92 Å². The Morgan fingerprint density at radius 3 is 2.43 bits per heavy atom. The highest BCUT2D eigenvalue weighted by Crippen LogP contribution is 2.28. The van der Waals surface area contributed by atoms with E-state index in [0.29, 0.717) is 30.9 Å². The number of nitrogen functional groups attached to an aromatic ring is 1. The number of nitrogens with zero attached hydrogens (tertiary/aromatic N) is 1. The Kier molecular flexibility index (Phi) is 8.76. The lowest BCUT2D eigenvalue weighted by Crippen LogP contribution is -2.56. The lowest BCUT2D eigenvalue weighted by molar-refractivity contribution is 0.0332. The predicted molar refractivity (Wildman–Crippen MR) is 133 cm³/mol. The number of aliphatic hydroxyl groups is 1. The zero-order valence-corrected chi connectivity index (χ0v) is 21.2. The van der Waals surface area contributed by atoms with Crippen molar-refractivity contribution < 1.29 is 27.8 Å². The monoisotopic (exact) mass is 505 g/mol. The molecule has 1 fully saturated rings. The van der Waals surface area contributed by atoms with Gasteiger partial charge in [0, 0.05) is 25.2 Å². The SMILES string of the molecule is CC(C)CN(C[C@@H](O)[C@@](C)(NC(=O)O[C@H]1CCOC1)c1ccccc1)S(=O)(=O)c1ccc(N)cc1. The van der Waals surface area contributed by atoms with Crippen molar-refractivity contribution in [1.82, 2.24) is 9.62 Å². The van der Waals surface area contributed by atoms with Gasteiger partial charge in [0.1, 0.15) is 6.10 Å². The average molecular weight is 506 g/mol.